The van der Waals surface area contributed by atoms with Gasteiger partial charge >= 0.3 is 0 Å². The second-order valence-corrected chi connectivity index (χ2v) is 6.37. The van der Waals surface area contributed by atoms with E-state index < -0.39 is 6.04 Å². The van der Waals surface area contributed by atoms with Gasteiger partial charge in [-0.15, -0.1) is 0 Å². The van der Waals surface area contributed by atoms with E-state index in [1.165, 1.54) is 6.07 Å². The Morgan fingerprint density at radius 3 is 2.62 bits per heavy atom. The molecule has 1 aromatic carbocycles. The van der Waals surface area contributed by atoms with Crippen LogP contribution >= 0.6 is 0 Å². The summed E-state index contributed by atoms with van der Waals surface area (Å²) in [5, 5.41) is 0. The molecule has 1 aliphatic rings. The summed E-state index contributed by atoms with van der Waals surface area (Å²) >= 11 is 0. The van der Waals surface area contributed by atoms with E-state index >= 15 is 0 Å². The Morgan fingerprint density at radius 2 is 2.05 bits per heavy atom. The van der Waals surface area contributed by atoms with Gasteiger partial charge < -0.3 is 10.6 Å². The molecule has 0 aromatic heterocycles. The fourth-order valence-electron chi connectivity index (χ4n) is 2.85. The Bertz CT molecular complexity index is 481. The number of hydrogen-bond acceptors (Lipinski definition) is 2. The van der Waals surface area contributed by atoms with Crippen molar-refractivity contribution in [3.63, 3.8) is 0 Å². The molecule has 0 saturated carbocycles. The fourth-order valence-corrected chi connectivity index (χ4v) is 2.85. The van der Waals surface area contributed by atoms with Gasteiger partial charge in [-0.1, -0.05) is 26.0 Å². The molecule has 0 bridgehead atoms. The topological polar surface area (TPSA) is 46.3 Å². The van der Waals surface area contributed by atoms with E-state index in [1.807, 2.05) is 24.8 Å². The van der Waals surface area contributed by atoms with Crippen LogP contribution < -0.4 is 5.73 Å². The van der Waals surface area contributed by atoms with E-state index in [1.54, 1.807) is 12.1 Å². The lowest BCUT2D eigenvalue weighted by Gasteiger charge is -2.34. The maximum atomic E-state index is 13.2. The minimum Gasteiger partial charge on any atom is -0.341 e. The van der Waals surface area contributed by atoms with Gasteiger partial charge in [0.25, 0.3) is 0 Å². The number of nitrogens with two attached hydrogens (primary N) is 1. The van der Waals surface area contributed by atoms with Gasteiger partial charge in [0.2, 0.25) is 5.91 Å². The van der Waals surface area contributed by atoms with E-state index in [0.717, 1.165) is 37.9 Å². The zero-order valence-corrected chi connectivity index (χ0v) is 12.9. The van der Waals surface area contributed by atoms with Crippen LogP contribution in [0.3, 0.4) is 0 Å². The molecule has 3 nitrogen and oxygen atoms in total. The van der Waals surface area contributed by atoms with Crippen molar-refractivity contribution in [2.45, 2.75) is 39.2 Å². The highest BCUT2D eigenvalue weighted by molar-refractivity contribution is 5.82. The number of carbonyl (C=O) groups excluding carboxylic acids is 1. The molecule has 0 aliphatic carbocycles. The van der Waals surface area contributed by atoms with Crippen molar-refractivity contribution in [2.24, 2.45) is 17.6 Å². The highest BCUT2D eigenvalue weighted by Crippen LogP contribution is 2.22. The first-order valence-corrected chi connectivity index (χ1v) is 7.76. The molecule has 21 heavy (non-hydrogen) atoms. The van der Waals surface area contributed by atoms with Gasteiger partial charge in [0.05, 0.1) is 6.04 Å². The molecule has 0 radical (unpaired) electrons. The molecule has 1 heterocycles. The van der Waals surface area contributed by atoms with Crippen molar-refractivity contribution in [1.82, 2.24) is 4.90 Å². The fraction of sp³-hybridized carbons (Fsp3) is 0.588. The minimum absolute atomic E-state index is 0.0641. The Labute approximate surface area is 126 Å². The maximum Gasteiger partial charge on any atom is 0.239 e. The number of hydrogen-bond donors (Lipinski definition) is 1. The largest absolute Gasteiger partial charge is 0.341 e. The van der Waals surface area contributed by atoms with Gasteiger partial charge in [-0.25, -0.2) is 4.39 Å². The van der Waals surface area contributed by atoms with E-state index in [2.05, 4.69) is 0 Å². The van der Waals surface area contributed by atoms with Gasteiger partial charge in [-0.2, -0.15) is 0 Å². The number of benzene rings is 1. The highest BCUT2D eigenvalue weighted by atomic mass is 19.1. The van der Waals surface area contributed by atoms with Crippen LogP contribution in [-0.4, -0.2) is 29.9 Å². The van der Waals surface area contributed by atoms with Crippen LogP contribution in [0.4, 0.5) is 4.39 Å². The summed E-state index contributed by atoms with van der Waals surface area (Å²) in [7, 11) is 0. The van der Waals surface area contributed by atoms with Crippen molar-refractivity contribution >= 4 is 5.91 Å². The molecule has 2 rings (SSSR count). The predicted octanol–water partition coefficient (Wildman–Crippen LogP) is 2.59. The van der Waals surface area contributed by atoms with Crippen LogP contribution in [0.5, 0.6) is 0 Å². The number of rotatable bonds is 4. The summed E-state index contributed by atoms with van der Waals surface area (Å²) in [6, 6.07) is 6.40. The summed E-state index contributed by atoms with van der Waals surface area (Å²) in [6.45, 7) is 5.47. The van der Waals surface area contributed by atoms with Crippen LogP contribution in [0.2, 0.25) is 0 Å². The average Bonchev–Trinajstić information content (AvgIpc) is 2.46. The number of nitrogens with zero attached hydrogens (tertiary/aromatic N) is 1. The second-order valence-electron chi connectivity index (χ2n) is 6.37. The number of piperidine rings is 1. The average molecular weight is 292 g/mol. The standard InChI is InChI=1S/C17H25FN2O/c1-12(2)16(19)17(21)20-8-6-13(7-9-20)10-14-4-3-5-15(18)11-14/h3-5,11-13,16H,6-10,19H2,1-2H3/t16-/m0/s1. The third-order valence-corrected chi connectivity index (χ3v) is 4.34. The molecular formula is C17H25FN2O. The minimum atomic E-state index is -0.398. The molecule has 0 unspecified atom stereocenters. The lowest BCUT2D eigenvalue weighted by Crippen LogP contribution is -2.49. The molecule has 1 fully saturated rings. The van der Waals surface area contributed by atoms with Gasteiger partial charge in [-0.3, -0.25) is 4.79 Å². The molecule has 2 N–H and O–H groups in total. The van der Waals surface area contributed by atoms with Crippen molar-refractivity contribution < 1.29 is 9.18 Å². The third kappa shape index (κ3) is 4.27. The van der Waals surface area contributed by atoms with Crippen LogP contribution in [0.1, 0.15) is 32.3 Å². The summed E-state index contributed by atoms with van der Waals surface area (Å²) < 4.78 is 13.2. The molecule has 4 heteroatoms. The first kappa shape index (κ1) is 16.0. The van der Waals surface area contributed by atoms with Gasteiger partial charge in [0, 0.05) is 13.1 Å². The highest BCUT2D eigenvalue weighted by Gasteiger charge is 2.27. The van der Waals surface area contributed by atoms with Gasteiger partial charge in [0.15, 0.2) is 0 Å². The third-order valence-electron chi connectivity index (χ3n) is 4.34. The molecule has 1 amide bonds. The zero-order chi connectivity index (χ0) is 15.4. The molecular weight excluding hydrogens is 267 g/mol. The monoisotopic (exact) mass is 292 g/mol. The summed E-state index contributed by atoms with van der Waals surface area (Å²) in [5.41, 5.74) is 6.97. The Hall–Kier alpha value is -1.42. The predicted molar refractivity (Wildman–Crippen MR) is 82.2 cm³/mol. The maximum absolute atomic E-state index is 13.2. The van der Waals surface area contributed by atoms with Gasteiger partial charge in [0.1, 0.15) is 5.82 Å². The summed E-state index contributed by atoms with van der Waals surface area (Å²) in [5.74, 6) is 0.575. The number of carbonyl (C=O) groups is 1. The second kappa shape index (κ2) is 7.03. The molecule has 1 saturated heterocycles. The lowest BCUT2D eigenvalue weighted by atomic mass is 9.89. The Morgan fingerprint density at radius 1 is 1.38 bits per heavy atom. The first-order chi connectivity index (χ1) is 9.97. The Kier molecular flexibility index (Phi) is 5.34. The van der Waals surface area contributed by atoms with Crippen molar-refractivity contribution in [3.8, 4) is 0 Å². The van der Waals surface area contributed by atoms with Crippen molar-refractivity contribution in [3.05, 3.63) is 35.6 Å². The SMILES string of the molecule is CC(C)[C@H](N)C(=O)N1CCC(Cc2cccc(F)c2)CC1. The summed E-state index contributed by atoms with van der Waals surface area (Å²) in [6.07, 6.45) is 2.82. The molecule has 1 aromatic rings. The number of halogens is 1. The van der Waals surface area contributed by atoms with E-state index in [-0.39, 0.29) is 17.6 Å². The smallest absolute Gasteiger partial charge is 0.239 e. The van der Waals surface area contributed by atoms with Gasteiger partial charge in [-0.05, 0) is 48.8 Å². The van der Waals surface area contributed by atoms with Crippen LogP contribution in [0.25, 0.3) is 0 Å². The molecule has 0 spiro atoms. The molecule has 1 atom stereocenters. The molecule has 116 valence electrons. The van der Waals surface area contributed by atoms with E-state index in [0.29, 0.717) is 5.92 Å². The van der Waals surface area contributed by atoms with Crippen LogP contribution in [0.15, 0.2) is 24.3 Å². The normalized spacial score (nSPS) is 18.0. The van der Waals surface area contributed by atoms with Crippen molar-refractivity contribution in [1.29, 1.82) is 0 Å². The van der Waals surface area contributed by atoms with E-state index in [4.69, 9.17) is 5.73 Å². The van der Waals surface area contributed by atoms with Crippen molar-refractivity contribution in [2.75, 3.05) is 13.1 Å². The first-order valence-electron chi connectivity index (χ1n) is 7.76. The molecule has 1 aliphatic heterocycles. The zero-order valence-electron chi connectivity index (χ0n) is 12.9. The van der Waals surface area contributed by atoms with Crippen LogP contribution in [0, 0.1) is 17.7 Å². The number of likely N-dealkylation sites (tertiary alicyclic amines) is 1. The number of amides is 1. The summed E-state index contributed by atoms with van der Waals surface area (Å²) in [4.78, 5) is 14.1. The Balaban J connectivity index is 1.84. The van der Waals surface area contributed by atoms with E-state index in [9.17, 15) is 9.18 Å². The lowest BCUT2D eigenvalue weighted by molar-refractivity contribution is -0.134. The quantitative estimate of drug-likeness (QED) is 0.927. The van der Waals surface area contributed by atoms with Crippen LogP contribution in [-0.2, 0) is 11.2 Å².